The first-order chi connectivity index (χ1) is 11.3. The molecule has 0 saturated heterocycles. The van der Waals surface area contributed by atoms with Crippen molar-refractivity contribution >= 4 is 33.5 Å². The van der Waals surface area contributed by atoms with Gasteiger partial charge in [-0.2, -0.15) is 0 Å². The Balaban J connectivity index is 2.12. The maximum Gasteiger partial charge on any atom is 0.270 e. The number of amides is 1. The third-order valence-corrected chi connectivity index (χ3v) is 4.38. The van der Waals surface area contributed by atoms with Gasteiger partial charge in [-0.1, -0.05) is 35.8 Å². The van der Waals surface area contributed by atoms with E-state index in [1.54, 1.807) is 6.07 Å². The number of hydrogen-bond acceptors (Lipinski definition) is 4. The molecule has 0 bridgehead atoms. The second kappa shape index (κ2) is 8.24. The third-order valence-electron chi connectivity index (χ3n) is 3.52. The van der Waals surface area contributed by atoms with Gasteiger partial charge in [0.25, 0.3) is 5.91 Å². The molecule has 0 aliphatic rings. The molecule has 2 aromatic rings. The predicted octanol–water partition coefficient (Wildman–Crippen LogP) is 4.38. The number of carbonyl (C=O) groups excluding carboxylic acids is 1. The quantitative estimate of drug-likeness (QED) is 0.767. The maximum absolute atomic E-state index is 12.2. The van der Waals surface area contributed by atoms with Crippen LogP contribution >= 0.6 is 15.9 Å². The highest BCUT2D eigenvalue weighted by Gasteiger charge is 2.11. The summed E-state index contributed by atoms with van der Waals surface area (Å²) in [6.45, 7) is 8.78. The van der Waals surface area contributed by atoms with Crippen LogP contribution in [0.3, 0.4) is 0 Å². The van der Waals surface area contributed by atoms with Gasteiger partial charge in [-0.3, -0.25) is 4.79 Å². The van der Waals surface area contributed by atoms with Gasteiger partial charge in [0.1, 0.15) is 5.69 Å². The molecular weight excluding hydrogens is 368 g/mol. The van der Waals surface area contributed by atoms with Crippen LogP contribution in [0.2, 0.25) is 0 Å². The minimum Gasteiger partial charge on any atom is -0.351 e. The number of nitrogens with one attached hydrogen (secondary N) is 2. The van der Waals surface area contributed by atoms with Crippen LogP contribution in [0.1, 0.15) is 42.0 Å². The average molecular weight is 391 g/mol. The molecular formula is C18H23BrN4O. The molecule has 1 amide bonds. The Morgan fingerprint density at radius 3 is 2.62 bits per heavy atom. The lowest BCUT2D eigenvalue weighted by atomic mass is 10.1. The lowest BCUT2D eigenvalue weighted by Gasteiger charge is -2.10. The van der Waals surface area contributed by atoms with Crippen LogP contribution in [-0.2, 0) is 0 Å². The van der Waals surface area contributed by atoms with E-state index in [0.717, 1.165) is 27.8 Å². The molecule has 0 aliphatic heterocycles. The minimum atomic E-state index is -0.172. The lowest BCUT2D eigenvalue weighted by Crippen LogP contribution is -2.26. The molecule has 1 heterocycles. The fourth-order valence-electron chi connectivity index (χ4n) is 2.11. The largest absolute Gasteiger partial charge is 0.351 e. The summed E-state index contributed by atoms with van der Waals surface area (Å²) in [5.74, 6) is 0.795. The normalized spacial score (nSPS) is 10.8. The fourth-order valence-corrected chi connectivity index (χ4v) is 2.48. The molecule has 1 aromatic heterocycles. The summed E-state index contributed by atoms with van der Waals surface area (Å²) < 4.78 is 1.01. The monoisotopic (exact) mass is 390 g/mol. The van der Waals surface area contributed by atoms with Crippen molar-refractivity contribution in [3.8, 4) is 0 Å². The summed E-state index contributed by atoms with van der Waals surface area (Å²) in [7, 11) is 0. The molecule has 0 radical (unpaired) electrons. The van der Waals surface area contributed by atoms with Gasteiger partial charge in [-0.05, 0) is 49.9 Å². The van der Waals surface area contributed by atoms with Crippen molar-refractivity contribution in [1.29, 1.82) is 0 Å². The maximum atomic E-state index is 12.2. The van der Waals surface area contributed by atoms with Gasteiger partial charge < -0.3 is 10.6 Å². The Morgan fingerprint density at radius 2 is 1.96 bits per heavy atom. The first-order valence-electron chi connectivity index (χ1n) is 8.02. The fraction of sp³-hybridized carbons (Fsp3) is 0.389. The molecule has 0 unspecified atom stereocenters. The Bertz CT molecular complexity index is 731. The standard InChI is InChI=1S/C18H23BrN4O/c1-11(2)7-8-20-17(24)16-9-13(4)21-18(23-16)22-14-6-5-12(3)15(19)10-14/h5-6,9-11H,7-8H2,1-4H3,(H,20,24)(H,21,22,23). The van der Waals surface area contributed by atoms with Crippen LogP contribution in [-0.4, -0.2) is 22.4 Å². The van der Waals surface area contributed by atoms with Gasteiger partial charge in [0.2, 0.25) is 5.95 Å². The average Bonchev–Trinajstić information content (AvgIpc) is 2.50. The summed E-state index contributed by atoms with van der Waals surface area (Å²) >= 11 is 3.51. The van der Waals surface area contributed by atoms with Gasteiger partial charge in [0.05, 0.1) is 0 Å². The number of aromatic nitrogens is 2. The van der Waals surface area contributed by atoms with Gasteiger partial charge in [0, 0.05) is 22.4 Å². The van der Waals surface area contributed by atoms with Crippen LogP contribution < -0.4 is 10.6 Å². The predicted molar refractivity (Wildman–Crippen MR) is 101 cm³/mol. The van der Waals surface area contributed by atoms with Crippen LogP contribution in [0.15, 0.2) is 28.7 Å². The van der Waals surface area contributed by atoms with Gasteiger partial charge in [-0.25, -0.2) is 9.97 Å². The van der Waals surface area contributed by atoms with E-state index in [0.29, 0.717) is 24.1 Å². The molecule has 0 spiro atoms. The molecule has 0 saturated carbocycles. The highest BCUT2D eigenvalue weighted by atomic mass is 79.9. The zero-order chi connectivity index (χ0) is 17.7. The Hall–Kier alpha value is -1.95. The zero-order valence-corrected chi connectivity index (χ0v) is 16.1. The van der Waals surface area contributed by atoms with E-state index < -0.39 is 0 Å². The molecule has 24 heavy (non-hydrogen) atoms. The first-order valence-corrected chi connectivity index (χ1v) is 8.81. The molecule has 5 nitrogen and oxygen atoms in total. The Morgan fingerprint density at radius 1 is 1.21 bits per heavy atom. The zero-order valence-electron chi connectivity index (χ0n) is 14.5. The van der Waals surface area contributed by atoms with Gasteiger partial charge >= 0.3 is 0 Å². The second-order valence-corrected chi connectivity index (χ2v) is 7.10. The van der Waals surface area contributed by atoms with Gasteiger partial charge in [-0.15, -0.1) is 0 Å². The Kier molecular flexibility index (Phi) is 6.31. The number of carbonyl (C=O) groups is 1. The van der Waals surface area contributed by atoms with E-state index in [1.807, 2.05) is 32.0 Å². The summed E-state index contributed by atoms with van der Waals surface area (Å²) in [6, 6.07) is 7.61. The molecule has 128 valence electrons. The summed E-state index contributed by atoms with van der Waals surface area (Å²) in [6.07, 6.45) is 0.943. The van der Waals surface area contributed by atoms with Crippen molar-refractivity contribution in [3.63, 3.8) is 0 Å². The third kappa shape index (κ3) is 5.30. The lowest BCUT2D eigenvalue weighted by molar-refractivity contribution is 0.0947. The topological polar surface area (TPSA) is 66.9 Å². The van der Waals surface area contributed by atoms with Crippen molar-refractivity contribution < 1.29 is 4.79 Å². The summed E-state index contributed by atoms with van der Waals surface area (Å²) in [5, 5.41) is 6.05. The molecule has 2 rings (SSSR count). The highest BCUT2D eigenvalue weighted by Crippen LogP contribution is 2.22. The van der Waals surface area contributed by atoms with E-state index in [9.17, 15) is 4.79 Å². The molecule has 6 heteroatoms. The number of hydrogen-bond donors (Lipinski definition) is 2. The molecule has 1 aromatic carbocycles. The highest BCUT2D eigenvalue weighted by molar-refractivity contribution is 9.10. The van der Waals surface area contributed by atoms with Crippen molar-refractivity contribution in [2.45, 2.75) is 34.1 Å². The SMILES string of the molecule is Cc1cc(C(=O)NCCC(C)C)nc(Nc2ccc(C)c(Br)c2)n1. The number of aryl methyl sites for hydroxylation is 2. The molecule has 0 aliphatic carbocycles. The van der Waals surface area contributed by atoms with Crippen molar-refractivity contribution in [1.82, 2.24) is 15.3 Å². The number of rotatable bonds is 6. The van der Waals surface area contributed by atoms with Crippen molar-refractivity contribution in [2.75, 3.05) is 11.9 Å². The smallest absolute Gasteiger partial charge is 0.270 e. The van der Waals surface area contributed by atoms with E-state index in [4.69, 9.17) is 0 Å². The molecule has 0 fully saturated rings. The van der Waals surface area contributed by atoms with E-state index in [2.05, 4.69) is 50.4 Å². The number of nitrogens with zero attached hydrogens (tertiary/aromatic N) is 2. The van der Waals surface area contributed by atoms with Gasteiger partial charge in [0.15, 0.2) is 0 Å². The van der Waals surface area contributed by atoms with E-state index in [1.165, 1.54) is 0 Å². The summed E-state index contributed by atoms with van der Waals surface area (Å²) in [5.41, 5.74) is 3.13. The molecule has 2 N–H and O–H groups in total. The van der Waals surface area contributed by atoms with Crippen molar-refractivity contribution in [2.24, 2.45) is 5.92 Å². The first kappa shape index (κ1) is 18.4. The number of halogens is 1. The Labute approximate surface area is 151 Å². The van der Waals surface area contributed by atoms with E-state index >= 15 is 0 Å². The van der Waals surface area contributed by atoms with Crippen molar-refractivity contribution in [3.05, 3.63) is 45.7 Å². The molecule has 0 atom stereocenters. The van der Waals surface area contributed by atoms with Crippen LogP contribution in [0.25, 0.3) is 0 Å². The summed E-state index contributed by atoms with van der Waals surface area (Å²) in [4.78, 5) is 20.9. The number of benzene rings is 1. The van der Waals surface area contributed by atoms with E-state index in [-0.39, 0.29) is 5.91 Å². The second-order valence-electron chi connectivity index (χ2n) is 6.25. The van der Waals surface area contributed by atoms with Crippen LogP contribution in [0.5, 0.6) is 0 Å². The van der Waals surface area contributed by atoms with Crippen LogP contribution in [0, 0.1) is 19.8 Å². The van der Waals surface area contributed by atoms with Crippen LogP contribution in [0.4, 0.5) is 11.6 Å². The number of anilines is 2. The minimum absolute atomic E-state index is 0.172.